The Bertz CT molecular complexity index is 639. The third-order valence-electron chi connectivity index (χ3n) is 3.62. The lowest BCUT2D eigenvalue weighted by atomic mass is 10.0. The van der Waals surface area contributed by atoms with E-state index in [1.165, 1.54) is 10.6 Å². The number of carbonyl (C=O) groups is 1. The van der Waals surface area contributed by atoms with Gasteiger partial charge in [0.25, 0.3) is 5.91 Å². The molecule has 0 fully saturated rings. The van der Waals surface area contributed by atoms with Gasteiger partial charge < -0.3 is 0 Å². The minimum absolute atomic E-state index is 0.0473. The van der Waals surface area contributed by atoms with E-state index in [4.69, 9.17) is 4.84 Å². The van der Waals surface area contributed by atoms with Gasteiger partial charge in [-0.2, -0.15) is 0 Å². The van der Waals surface area contributed by atoms with Crippen LogP contribution < -0.4 is 0 Å². The van der Waals surface area contributed by atoms with Crippen molar-refractivity contribution in [1.29, 1.82) is 0 Å². The molecule has 0 aliphatic carbocycles. The average molecular weight is 346 g/mol. The molecule has 0 saturated heterocycles. The molecule has 1 aliphatic heterocycles. The largest absolute Gasteiger partial charge is 0.277 e. The van der Waals surface area contributed by atoms with Crippen LogP contribution >= 0.6 is 15.9 Å². The number of alkyl halides is 1. The molecular weight excluding hydrogens is 330 g/mol. The second-order valence-corrected chi connectivity index (χ2v) is 5.60. The molecule has 21 heavy (non-hydrogen) atoms. The standard InChI is InChI=1S/C17H16BrNO2/c18-11-13-5-7-14(8-6-13)12-21-19-10-9-15-3-1-2-4-16(15)17(19)20/h1-8H,9-12H2. The van der Waals surface area contributed by atoms with E-state index in [2.05, 4.69) is 28.1 Å². The SMILES string of the molecule is O=C1c2ccccc2CCN1OCc1ccc(CBr)cc1. The van der Waals surface area contributed by atoms with E-state index < -0.39 is 0 Å². The molecule has 0 saturated carbocycles. The van der Waals surface area contributed by atoms with Crippen molar-refractivity contribution in [2.24, 2.45) is 0 Å². The normalized spacial score (nSPS) is 14.1. The number of carbonyl (C=O) groups excluding carboxylic acids is 1. The summed E-state index contributed by atoms with van der Waals surface area (Å²) in [7, 11) is 0. The topological polar surface area (TPSA) is 29.5 Å². The zero-order chi connectivity index (χ0) is 14.7. The summed E-state index contributed by atoms with van der Waals surface area (Å²) < 4.78 is 0. The molecule has 108 valence electrons. The fourth-order valence-corrected chi connectivity index (χ4v) is 2.78. The van der Waals surface area contributed by atoms with Gasteiger partial charge in [-0.3, -0.25) is 9.63 Å². The van der Waals surface area contributed by atoms with Crippen LogP contribution in [-0.2, 0) is 23.2 Å². The molecule has 1 heterocycles. The van der Waals surface area contributed by atoms with Crippen LogP contribution in [-0.4, -0.2) is 17.5 Å². The molecule has 0 atom stereocenters. The van der Waals surface area contributed by atoms with Crippen molar-refractivity contribution in [3.8, 4) is 0 Å². The van der Waals surface area contributed by atoms with E-state index in [0.29, 0.717) is 13.2 Å². The Morgan fingerprint density at radius 3 is 2.52 bits per heavy atom. The molecule has 0 radical (unpaired) electrons. The summed E-state index contributed by atoms with van der Waals surface area (Å²) in [5, 5.41) is 2.32. The highest BCUT2D eigenvalue weighted by atomic mass is 79.9. The Morgan fingerprint density at radius 2 is 1.76 bits per heavy atom. The van der Waals surface area contributed by atoms with Crippen LogP contribution in [0, 0.1) is 0 Å². The maximum absolute atomic E-state index is 12.3. The number of hydrogen-bond donors (Lipinski definition) is 0. The van der Waals surface area contributed by atoms with Gasteiger partial charge in [-0.1, -0.05) is 58.4 Å². The van der Waals surface area contributed by atoms with Crippen molar-refractivity contribution >= 4 is 21.8 Å². The van der Waals surface area contributed by atoms with Crippen molar-refractivity contribution in [2.75, 3.05) is 6.54 Å². The van der Waals surface area contributed by atoms with Gasteiger partial charge in [0.1, 0.15) is 6.61 Å². The molecule has 1 aliphatic rings. The fraction of sp³-hybridized carbons (Fsp3) is 0.235. The van der Waals surface area contributed by atoms with Gasteiger partial charge >= 0.3 is 0 Å². The third-order valence-corrected chi connectivity index (χ3v) is 4.27. The Balaban J connectivity index is 1.65. The summed E-state index contributed by atoms with van der Waals surface area (Å²) in [5.74, 6) is -0.0473. The quantitative estimate of drug-likeness (QED) is 0.790. The minimum Gasteiger partial charge on any atom is -0.267 e. The van der Waals surface area contributed by atoms with Gasteiger partial charge in [-0.15, -0.1) is 0 Å². The van der Waals surface area contributed by atoms with E-state index in [9.17, 15) is 4.79 Å². The molecule has 2 aromatic rings. The van der Waals surface area contributed by atoms with Crippen LogP contribution in [0.15, 0.2) is 48.5 Å². The summed E-state index contributed by atoms with van der Waals surface area (Å²) >= 11 is 3.42. The predicted molar refractivity (Wildman–Crippen MR) is 85.0 cm³/mol. The number of rotatable bonds is 4. The number of nitrogens with zero attached hydrogens (tertiary/aromatic N) is 1. The number of amides is 1. The number of halogens is 1. The van der Waals surface area contributed by atoms with Crippen LogP contribution in [0.4, 0.5) is 0 Å². The Hall–Kier alpha value is -1.65. The van der Waals surface area contributed by atoms with Crippen LogP contribution in [0.25, 0.3) is 0 Å². The maximum atomic E-state index is 12.3. The van der Waals surface area contributed by atoms with Gasteiger partial charge in [-0.25, -0.2) is 5.06 Å². The van der Waals surface area contributed by atoms with Crippen molar-refractivity contribution in [3.63, 3.8) is 0 Å². The average Bonchev–Trinajstić information content (AvgIpc) is 2.55. The van der Waals surface area contributed by atoms with E-state index in [-0.39, 0.29) is 5.91 Å². The zero-order valence-electron chi connectivity index (χ0n) is 11.6. The Labute approximate surface area is 132 Å². The van der Waals surface area contributed by atoms with Crippen molar-refractivity contribution in [3.05, 3.63) is 70.8 Å². The molecule has 3 rings (SSSR count). The first-order valence-electron chi connectivity index (χ1n) is 6.94. The minimum atomic E-state index is -0.0473. The molecule has 0 spiro atoms. The third kappa shape index (κ3) is 3.17. The van der Waals surface area contributed by atoms with E-state index in [0.717, 1.165) is 28.4 Å². The number of hydroxylamine groups is 2. The molecule has 3 nitrogen and oxygen atoms in total. The van der Waals surface area contributed by atoms with Gasteiger partial charge in [-0.05, 0) is 29.2 Å². The predicted octanol–water partition coefficient (Wildman–Crippen LogP) is 3.71. The molecule has 2 aromatic carbocycles. The lowest BCUT2D eigenvalue weighted by molar-refractivity contribution is -0.135. The Morgan fingerprint density at radius 1 is 1.05 bits per heavy atom. The molecular formula is C17H16BrNO2. The fourth-order valence-electron chi connectivity index (χ4n) is 2.41. The molecule has 0 aromatic heterocycles. The highest BCUT2D eigenvalue weighted by Crippen LogP contribution is 2.19. The molecule has 4 heteroatoms. The molecule has 1 amide bonds. The smallest absolute Gasteiger partial charge is 0.267 e. The highest BCUT2D eigenvalue weighted by molar-refractivity contribution is 9.08. The lowest BCUT2D eigenvalue weighted by Gasteiger charge is -2.27. The van der Waals surface area contributed by atoms with Crippen molar-refractivity contribution in [2.45, 2.75) is 18.4 Å². The van der Waals surface area contributed by atoms with Crippen LogP contribution in [0.1, 0.15) is 27.0 Å². The number of hydrogen-bond acceptors (Lipinski definition) is 2. The first-order valence-corrected chi connectivity index (χ1v) is 8.06. The lowest BCUT2D eigenvalue weighted by Crippen LogP contribution is -2.37. The number of benzene rings is 2. The number of fused-ring (bicyclic) bond motifs is 1. The summed E-state index contributed by atoms with van der Waals surface area (Å²) in [4.78, 5) is 18.0. The van der Waals surface area contributed by atoms with Gasteiger partial charge in [0.15, 0.2) is 0 Å². The second kappa shape index (κ2) is 6.41. The second-order valence-electron chi connectivity index (χ2n) is 5.04. The molecule has 0 bridgehead atoms. The summed E-state index contributed by atoms with van der Waals surface area (Å²) in [6.45, 7) is 1.02. The maximum Gasteiger partial charge on any atom is 0.277 e. The van der Waals surface area contributed by atoms with Gasteiger partial charge in [0.2, 0.25) is 0 Å². The van der Waals surface area contributed by atoms with E-state index in [1.807, 2.05) is 36.4 Å². The first-order chi connectivity index (χ1) is 10.3. The monoisotopic (exact) mass is 345 g/mol. The summed E-state index contributed by atoms with van der Waals surface area (Å²) in [5.41, 5.74) is 4.13. The van der Waals surface area contributed by atoms with Gasteiger partial charge in [0.05, 0.1) is 6.54 Å². The van der Waals surface area contributed by atoms with E-state index >= 15 is 0 Å². The van der Waals surface area contributed by atoms with E-state index in [1.54, 1.807) is 0 Å². The zero-order valence-corrected chi connectivity index (χ0v) is 13.2. The summed E-state index contributed by atoms with van der Waals surface area (Å²) in [6, 6.07) is 15.9. The van der Waals surface area contributed by atoms with Crippen molar-refractivity contribution in [1.82, 2.24) is 5.06 Å². The Kier molecular flexibility index (Phi) is 4.36. The molecule has 0 N–H and O–H groups in total. The molecule has 0 unspecified atom stereocenters. The van der Waals surface area contributed by atoms with Gasteiger partial charge in [0, 0.05) is 10.9 Å². The van der Waals surface area contributed by atoms with Crippen LogP contribution in [0.3, 0.4) is 0 Å². The highest BCUT2D eigenvalue weighted by Gasteiger charge is 2.24. The van der Waals surface area contributed by atoms with Crippen molar-refractivity contribution < 1.29 is 9.63 Å². The van der Waals surface area contributed by atoms with Crippen LogP contribution in [0.5, 0.6) is 0 Å². The summed E-state index contributed by atoms with van der Waals surface area (Å²) in [6.07, 6.45) is 0.838. The first kappa shape index (κ1) is 14.3. The van der Waals surface area contributed by atoms with Crippen LogP contribution in [0.2, 0.25) is 0 Å².